The Hall–Kier alpha value is -2.10. The average molecular weight is 256 g/mol. The number of hydrogen-bond donors (Lipinski definition) is 2. The van der Waals surface area contributed by atoms with Crippen LogP contribution in [0.15, 0.2) is 30.3 Å². The van der Waals surface area contributed by atoms with Crippen LogP contribution in [0.4, 0.5) is 5.82 Å². The molecule has 0 fully saturated rings. The third-order valence-electron chi connectivity index (χ3n) is 3.22. The zero-order chi connectivity index (χ0) is 13.8. The summed E-state index contributed by atoms with van der Waals surface area (Å²) in [6.07, 6.45) is 0.571. The van der Waals surface area contributed by atoms with E-state index in [4.69, 9.17) is 16.1 Å². The van der Waals surface area contributed by atoms with Crippen LogP contribution in [-0.2, 0) is 0 Å². The minimum atomic E-state index is 0.219. The maximum Gasteiger partial charge on any atom is 0.132 e. The molecule has 2 rings (SSSR count). The summed E-state index contributed by atoms with van der Waals surface area (Å²) in [6.45, 7) is 5.76. The number of amidine groups is 1. The van der Waals surface area contributed by atoms with Crippen LogP contribution in [0, 0.1) is 12.3 Å². The van der Waals surface area contributed by atoms with Gasteiger partial charge in [-0.05, 0) is 31.5 Å². The number of fused-ring (bicyclic) bond motifs is 1. The third-order valence-corrected chi connectivity index (χ3v) is 3.22. The van der Waals surface area contributed by atoms with Crippen molar-refractivity contribution in [2.45, 2.75) is 20.3 Å². The zero-order valence-electron chi connectivity index (χ0n) is 11.5. The molecule has 0 amide bonds. The van der Waals surface area contributed by atoms with Gasteiger partial charge in [0.05, 0.1) is 11.4 Å². The lowest BCUT2D eigenvalue weighted by molar-refractivity contribution is 0.813. The number of anilines is 1. The van der Waals surface area contributed by atoms with Crippen LogP contribution < -0.4 is 10.6 Å². The standard InChI is InChI=1S/C15H20N4/c1-3-19(9-8-14(16)17)15-11(2)10-12-6-4-5-7-13(12)18-15/h4-7,10H,3,8-9H2,1-2H3,(H3,16,17). The topological polar surface area (TPSA) is 66.0 Å². The first-order chi connectivity index (χ1) is 9.11. The maximum absolute atomic E-state index is 7.34. The highest BCUT2D eigenvalue weighted by Crippen LogP contribution is 2.22. The summed E-state index contributed by atoms with van der Waals surface area (Å²) in [5.41, 5.74) is 7.60. The fraction of sp³-hybridized carbons (Fsp3) is 0.333. The number of aryl methyl sites for hydroxylation is 1. The summed E-state index contributed by atoms with van der Waals surface area (Å²) < 4.78 is 0. The minimum absolute atomic E-state index is 0.219. The van der Waals surface area contributed by atoms with Gasteiger partial charge >= 0.3 is 0 Å². The van der Waals surface area contributed by atoms with Crippen LogP contribution in [0.3, 0.4) is 0 Å². The molecule has 4 nitrogen and oxygen atoms in total. The maximum atomic E-state index is 7.34. The molecule has 19 heavy (non-hydrogen) atoms. The quantitative estimate of drug-likeness (QED) is 0.638. The first-order valence-corrected chi connectivity index (χ1v) is 6.56. The fourth-order valence-electron chi connectivity index (χ4n) is 2.20. The molecule has 0 aliphatic heterocycles. The number of hydrogen-bond acceptors (Lipinski definition) is 3. The molecule has 3 N–H and O–H groups in total. The van der Waals surface area contributed by atoms with E-state index in [9.17, 15) is 0 Å². The lowest BCUT2D eigenvalue weighted by atomic mass is 10.1. The van der Waals surface area contributed by atoms with E-state index in [1.807, 2.05) is 18.2 Å². The van der Waals surface area contributed by atoms with Crippen LogP contribution in [0.2, 0.25) is 0 Å². The molecule has 0 unspecified atom stereocenters. The van der Waals surface area contributed by atoms with Crippen molar-refractivity contribution in [3.63, 3.8) is 0 Å². The second kappa shape index (κ2) is 5.69. The van der Waals surface area contributed by atoms with Crippen LogP contribution in [0.25, 0.3) is 10.9 Å². The number of aromatic nitrogens is 1. The van der Waals surface area contributed by atoms with Crippen molar-refractivity contribution in [2.75, 3.05) is 18.0 Å². The Kier molecular flexibility index (Phi) is 4.00. The van der Waals surface area contributed by atoms with Gasteiger partial charge in [0.2, 0.25) is 0 Å². The Balaban J connectivity index is 2.36. The monoisotopic (exact) mass is 256 g/mol. The van der Waals surface area contributed by atoms with Gasteiger partial charge in [0.25, 0.3) is 0 Å². The van der Waals surface area contributed by atoms with Crippen LogP contribution in [0.1, 0.15) is 18.9 Å². The Morgan fingerprint density at radius 3 is 2.79 bits per heavy atom. The Morgan fingerprint density at radius 1 is 1.37 bits per heavy atom. The molecule has 1 aromatic carbocycles. The first kappa shape index (κ1) is 13.3. The van der Waals surface area contributed by atoms with Crippen molar-refractivity contribution in [1.82, 2.24) is 4.98 Å². The average Bonchev–Trinajstić information content (AvgIpc) is 2.39. The van der Waals surface area contributed by atoms with Gasteiger partial charge in [-0.1, -0.05) is 18.2 Å². The summed E-state index contributed by atoms with van der Waals surface area (Å²) in [6, 6.07) is 10.3. The van der Waals surface area contributed by atoms with Crippen molar-refractivity contribution in [3.8, 4) is 0 Å². The number of nitrogens with two attached hydrogens (primary N) is 1. The van der Waals surface area contributed by atoms with E-state index in [0.717, 1.165) is 35.4 Å². The molecule has 0 saturated carbocycles. The van der Waals surface area contributed by atoms with Gasteiger partial charge in [0.1, 0.15) is 5.82 Å². The number of para-hydroxylation sites is 1. The van der Waals surface area contributed by atoms with E-state index in [2.05, 4.69) is 30.9 Å². The molecule has 0 saturated heterocycles. The van der Waals surface area contributed by atoms with Gasteiger partial charge in [-0.25, -0.2) is 4.98 Å². The summed E-state index contributed by atoms with van der Waals surface area (Å²) in [7, 11) is 0. The number of pyridine rings is 1. The molecule has 0 atom stereocenters. The van der Waals surface area contributed by atoms with Crippen LogP contribution >= 0.6 is 0 Å². The zero-order valence-corrected chi connectivity index (χ0v) is 11.5. The normalized spacial score (nSPS) is 10.6. The molecule has 4 heteroatoms. The molecule has 0 spiro atoms. The molecule has 0 radical (unpaired) electrons. The fourth-order valence-corrected chi connectivity index (χ4v) is 2.20. The molecule has 0 aliphatic rings. The van der Waals surface area contributed by atoms with E-state index < -0.39 is 0 Å². The van der Waals surface area contributed by atoms with Gasteiger partial charge in [-0.15, -0.1) is 0 Å². The van der Waals surface area contributed by atoms with E-state index in [0.29, 0.717) is 6.42 Å². The van der Waals surface area contributed by atoms with Crippen molar-refractivity contribution >= 4 is 22.6 Å². The van der Waals surface area contributed by atoms with E-state index >= 15 is 0 Å². The van der Waals surface area contributed by atoms with Gasteiger partial charge in [-0.3, -0.25) is 5.41 Å². The van der Waals surface area contributed by atoms with E-state index in [1.165, 1.54) is 0 Å². The number of nitrogens with zero attached hydrogens (tertiary/aromatic N) is 2. The molecule has 2 aromatic rings. The lowest BCUT2D eigenvalue weighted by Gasteiger charge is -2.23. The summed E-state index contributed by atoms with van der Waals surface area (Å²) in [4.78, 5) is 6.91. The smallest absolute Gasteiger partial charge is 0.132 e. The Morgan fingerprint density at radius 2 is 2.11 bits per heavy atom. The van der Waals surface area contributed by atoms with Crippen molar-refractivity contribution in [1.29, 1.82) is 5.41 Å². The summed E-state index contributed by atoms with van der Waals surface area (Å²) >= 11 is 0. The molecule has 1 aromatic heterocycles. The predicted molar refractivity (Wildman–Crippen MR) is 80.9 cm³/mol. The predicted octanol–water partition coefficient (Wildman–Crippen LogP) is 2.70. The Bertz CT molecular complexity index is 592. The molecule has 100 valence electrons. The summed E-state index contributed by atoms with van der Waals surface area (Å²) in [5.74, 6) is 1.21. The highest BCUT2D eigenvalue weighted by atomic mass is 15.2. The van der Waals surface area contributed by atoms with Crippen LogP contribution in [-0.4, -0.2) is 23.9 Å². The number of benzene rings is 1. The molecule has 1 heterocycles. The molecular weight excluding hydrogens is 236 g/mol. The first-order valence-electron chi connectivity index (χ1n) is 6.56. The summed E-state index contributed by atoms with van der Waals surface area (Å²) in [5, 5.41) is 8.50. The van der Waals surface area contributed by atoms with E-state index in [1.54, 1.807) is 0 Å². The Labute approximate surface area is 113 Å². The van der Waals surface area contributed by atoms with Crippen molar-refractivity contribution in [2.24, 2.45) is 5.73 Å². The highest BCUT2D eigenvalue weighted by Gasteiger charge is 2.10. The minimum Gasteiger partial charge on any atom is -0.388 e. The lowest BCUT2D eigenvalue weighted by Crippen LogP contribution is -2.29. The van der Waals surface area contributed by atoms with Crippen LogP contribution in [0.5, 0.6) is 0 Å². The largest absolute Gasteiger partial charge is 0.388 e. The highest BCUT2D eigenvalue weighted by molar-refractivity contribution is 5.82. The van der Waals surface area contributed by atoms with Crippen molar-refractivity contribution < 1.29 is 0 Å². The number of nitrogens with one attached hydrogen (secondary N) is 1. The van der Waals surface area contributed by atoms with E-state index in [-0.39, 0.29) is 5.84 Å². The second-order valence-electron chi connectivity index (χ2n) is 4.68. The van der Waals surface area contributed by atoms with Gasteiger partial charge in [0.15, 0.2) is 0 Å². The van der Waals surface area contributed by atoms with Crippen molar-refractivity contribution in [3.05, 3.63) is 35.9 Å². The molecular formula is C15H20N4. The SMILES string of the molecule is CCN(CCC(=N)N)c1nc2ccccc2cc1C. The second-order valence-corrected chi connectivity index (χ2v) is 4.68. The molecule has 0 aliphatic carbocycles. The third kappa shape index (κ3) is 3.02. The molecule has 0 bridgehead atoms. The number of rotatable bonds is 5. The van der Waals surface area contributed by atoms with Gasteiger partial charge < -0.3 is 10.6 Å². The van der Waals surface area contributed by atoms with Gasteiger partial charge in [0, 0.05) is 24.9 Å². The van der Waals surface area contributed by atoms with Gasteiger partial charge in [-0.2, -0.15) is 0 Å².